The van der Waals surface area contributed by atoms with E-state index < -0.39 is 0 Å². The van der Waals surface area contributed by atoms with Gasteiger partial charge in [-0.3, -0.25) is 9.78 Å². The molecule has 1 heterocycles. The minimum absolute atomic E-state index is 0.282. The van der Waals surface area contributed by atoms with E-state index in [-0.39, 0.29) is 5.91 Å². The number of aromatic nitrogens is 1. The first-order valence-electron chi connectivity index (χ1n) is 3.29. The standard InChI is InChI=1S/C8H9N2O/c1-7(11)10-6-8-4-2-3-5-9-8/h2-5H,1,6H2,(H,10,11). The Morgan fingerprint density at radius 3 is 3.00 bits per heavy atom. The Morgan fingerprint density at radius 2 is 2.45 bits per heavy atom. The molecule has 1 N–H and O–H groups in total. The molecule has 0 aliphatic heterocycles. The fourth-order valence-electron chi connectivity index (χ4n) is 0.692. The van der Waals surface area contributed by atoms with Crippen molar-refractivity contribution in [3.63, 3.8) is 0 Å². The van der Waals surface area contributed by atoms with E-state index in [2.05, 4.69) is 17.2 Å². The van der Waals surface area contributed by atoms with Gasteiger partial charge in [0.15, 0.2) is 0 Å². The number of hydrogen-bond acceptors (Lipinski definition) is 2. The average molecular weight is 149 g/mol. The van der Waals surface area contributed by atoms with Gasteiger partial charge in [-0.1, -0.05) is 6.07 Å². The summed E-state index contributed by atoms with van der Waals surface area (Å²) in [4.78, 5) is 14.4. The number of nitrogens with one attached hydrogen (secondary N) is 1. The molecular weight excluding hydrogens is 140 g/mol. The second-order valence-corrected chi connectivity index (χ2v) is 2.10. The minimum Gasteiger partial charge on any atom is -0.350 e. The summed E-state index contributed by atoms with van der Waals surface area (Å²) in [5.74, 6) is -0.282. The van der Waals surface area contributed by atoms with Crippen LogP contribution in [0.4, 0.5) is 0 Å². The van der Waals surface area contributed by atoms with Gasteiger partial charge >= 0.3 is 0 Å². The normalized spacial score (nSPS) is 9.18. The molecule has 57 valence electrons. The van der Waals surface area contributed by atoms with Gasteiger partial charge < -0.3 is 5.32 Å². The molecule has 3 heteroatoms. The van der Waals surface area contributed by atoms with Crippen molar-refractivity contribution in [2.45, 2.75) is 6.54 Å². The zero-order chi connectivity index (χ0) is 8.10. The van der Waals surface area contributed by atoms with Crippen LogP contribution in [0.2, 0.25) is 0 Å². The highest BCUT2D eigenvalue weighted by molar-refractivity contribution is 5.79. The van der Waals surface area contributed by atoms with E-state index in [0.29, 0.717) is 6.54 Å². The second-order valence-electron chi connectivity index (χ2n) is 2.10. The molecule has 0 aromatic carbocycles. The summed E-state index contributed by atoms with van der Waals surface area (Å²) in [5.41, 5.74) is 0.838. The van der Waals surface area contributed by atoms with Gasteiger partial charge in [-0.05, 0) is 12.1 Å². The molecule has 0 aliphatic rings. The average Bonchev–Trinajstić information content (AvgIpc) is 2.03. The Bertz CT molecular complexity index is 233. The van der Waals surface area contributed by atoms with Gasteiger partial charge in [0.05, 0.1) is 12.2 Å². The lowest BCUT2D eigenvalue weighted by Crippen LogP contribution is -2.19. The van der Waals surface area contributed by atoms with E-state index in [1.165, 1.54) is 0 Å². The van der Waals surface area contributed by atoms with Gasteiger partial charge in [0.1, 0.15) is 0 Å². The molecule has 0 bridgehead atoms. The predicted octanol–water partition coefficient (Wildman–Crippen LogP) is 0.532. The van der Waals surface area contributed by atoms with E-state index in [9.17, 15) is 4.79 Å². The second kappa shape index (κ2) is 3.71. The maximum Gasteiger partial charge on any atom is 0.220 e. The number of pyridine rings is 1. The van der Waals surface area contributed by atoms with Crippen molar-refractivity contribution in [1.82, 2.24) is 10.3 Å². The van der Waals surface area contributed by atoms with Gasteiger partial charge in [0, 0.05) is 13.1 Å². The molecule has 1 amide bonds. The zero-order valence-electron chi connectivity index (χ0n) is 6.08. The highest BCUT2D eigenvalue weighted by Crippen LogP contribution is 1.90. The van der Waals surface area contributed by atoms with Gasteiger partial charge in [0.2, 0.25) is 5.91 Å². The third-order valence-electron chi connectivity index (χ3n) is 1.19. The van der Waals surface area contributed by atoms with Crippen LogP contribution in [-0.4, -0.2) is 10.9 Å². The summed E-state index contributed by atoms with van der Waals surface area (Å²) >= 11 is 0. The molecule has 3 nitrogen and oxygen atoms in total. The van der Waals surface area contributed by atoms with E-state index in [0.717, 1.165) is 5.69 Å². The third-order valence-corrected chi connectivity index (χ3v) is 1.19. The first-order valence-corrected chi connectivity index (χ1v) is 3.29. The van der Waals surface area contributed by atoms with Crippen molar-refractivity contribution in [2.75, 3.05) is 0 Å². The van der Waals surface area contributed by atoms with E-state index in [1.807, 2.05) is 18.2 Å². The third kappa shape index (κ3) is 2.80. The number of hydrogen-bond donors (Lipinski definition) is 1. The van der Waals surface area contributed by atoms with Crippen molar-refractivity contribution in [3.05, 3.63) is 37.0 Å². The molecule has 0 unspecified atom stereocenters. The van der Waals surface area contributed by atoms with Crippen LogP contribution in [-0.2, 0) is 11.3 Å². The highest BCUT2D eigenvalue weighted by atomic mass is 16.1. The summed E-state index contributed by atoms with van der Waals surface area (Å²) in [5, 5.41) is 2.55. The lowest BCUT2D eigenvalue weighted by atomic mass is 10.3. The van der Waals surface area contributed by atoms with Gasteiger partial charge in [-0.25, -0.2) is 0 Å². The van der Waals surface area contributed by atoms with Crippen LogP contribution in [0.3, 0.4) is 0 Å². The molecule has 0 fully saturated rings. The van der Waals surface area contributed by atoms with Gasteiger partial charge in [-0.15, -0.1) is 0 Å². The number of nitrogens with zero attached hydrogens (tertiary/aromatic N) is 1. The Hall–Kier alpha value is -1.38. The van der Waals surface area contributed by atoms with Crippen LogP contribution < -0.4 is 5.32 Å². The minimum atomic E-state index is -0.282. The SMILES string of the molecule is [CH2]C(=O)NCc1ccccn1. The summed E-state index contributed by atoms with van der Waals surface area (Å²) in [7, 11) is 0. The summed E-state index contributed by atoms with van der Waals surface area (Å²) in [6.45, 7) is 3.62. The quantitative estimate of drug-likeness (QED) is 0.666. The van der Waals surface area contributed by atoms with Crippen LogP contribution in [0.15, 0.2) is 24.4 Å². The van der Waals surface area contributed by atoms with Crippen molar-refractivity contribution in [1.29, 1.82) is 0 Å². The lowest BCUT2D eigenvalue weighted by molar-refractivity contribution is -0.116. The molecule has 0 atom stereocenters. The number of carbonyl (C=O) groups excluding carboxylic acids is 1. The van der Waals surface area contributed by atoms with E-state index in [1.54, 1.807) is 6.20 Å². The summed E-state index contributed by atoms with van der Waals surface area (Å²) in [6, 6.07) is 5.54. The van der Waals surface area contributed by atoms with Crippen molar-refractivity contribution in [3.8, 4) is 0 Å². The van der Waals surface area contributed by atoms with Crippen molar-refractivity contribution in [2.24, 2.45) is 0 Å². The molecule has 0 aliphatic carbocycles. The molecule has 0 saturated carbocycles. The van der Waals surface area contributed by atoms with E-state index >= 15 is 0 Å². The highest BCUT2D eigenvalue weighted by Gasteiger charge is 1.92. The van der Waals surface area contributed by atoms with E-state index in [4.69, 9.17) is 0 Å². The molecule has 1 radical (unpaired) electrons. The number of amides is 1. The topological polar surface area (TPSA) is 42.0 Å². The molecule has 0 spiro atoms. The molecule has 1 aromatic heterocycles. The van der Waals surface area contributed by atoms with Gasteiger partial charge in [-0.2, -0.15) is 0 Å². The van der Waals surface area contributed by atoms with Crippen LogP contribution in [0.5, 0.6) is 0 Å². The number of carbonyl (C=O) groups is 1. The zero-order valence-corrected chi connectivity index (χ0v) is 6.08. The fraction of sp³-hybridized carbons (Fsp3) is 0.125. The summed E-state index contributed by atoms with van der Waals surface area (Å²) < 4.78 is 0. The largest absolute Gasteiger partial charge is 0.350 e. The maximum absolute atomic E-state index is 10.4. The van der Waals surface area contributed by atoms with Crippen LogP contribution >= 0.6 is 0 Å². The molecule has 0 saturated heterocycles. The van der Waals surface area contributed by atoms with Crippen LogP contribution in [0.1, 0.15) is 5.69 Å². The van der Waals surface area contributed by atoms with Crippen molar-refractivity contribution < 1.29 is 4.79 Å². The number of rotatable bonds is 2. The lowest BCUT2D eigenvalue weighted by Gasteiger charge is -1.99. The van der Waals surface area contributed by atoms with Crippen LogP contribution in [0, 0.1) is 6.92 Å². The summed E-state index contributed by atoms with van der Waals surface area (Å²) in [6.07, 6.45) is 1.69. The monoisotopic (exact) mass is 149 g/mol. The van der Waals surface area contributed by atoms with Crippen molar-refractivity contribution >= 4 is 5.91 Å². The smallest absolute Gasteiger partial charge is 0.220 e. The Balaban J connectivity index is 2.45. The first kappa shape index (κ1) is 7.72. The fourth-order valence-corrected chi connectivity index (χ4v) is 0.692. The molecule has 1 rings (SSSR count). The van der Waals surface area contributed by atoms with Crippen LogP contribution in [0.25, 0.3) is 0 Å². The molecule has 11 heavy (non-hydrogen) atoms. The maximum atomic E-state index is 10.4. The Labute approximate surface area is 65.5 Å². The molecule has 1 aromatic rings. The molecular formula is C8H9N2O. The Morgan fingerprint density at radius 1 is 1.64 bits per heavy atom. The predicted molar refractivity (Wildman–Crippen MR) is 41.4 cm³/mol. The first-order chi connectivity index (χ1) is 5.29. The van der Waals surface area contributed by atoms with Gasteiger partial charge in [0.25, 0.3) is 0 Å². The Kier molecular flexibility index (Phi) is 2.60.